The third kappa shape index (κ3) is 3.01. The Balaban J connectivity index is 1.82. The maximum Gasteiger partial charge on any atom is 0.0833 e. The largest absolute Gasteiger partial charge is 0.388 e. The van der Waals surface area contributed by atoms with Crippen LogP contribution in [-0.4, -0.2) is 5.11 Å². The first-order valence-electron chi connectivity index (χ1n) is 6.86. The van der Waals surface area contributed by atoms with Crippen LogP contribution in [0.5, 0.6) is 0 Å². The zero-order valence-electron chi connectivity index (χ0n) is 11.0. The minimum absolute atomic E-state index is 0.496. The summed E-state index contributed by atoms with van der Waals surface area (Å²) in [6.07, 6.45) is 2.53. The molecule has 3 rings (SSSR count). The molecule has 0 aromatic heterocycles. The molecule has 0 saturated heterocycles. The highest BCUT2D eigenvalue weighted by Crippen LogP contribution is 2.43. The Morgan fingerprint density at radius 1 is 1.05 bits per heavy atom. The second-order valence-corrected chi connectivity index (χ2v) is 6.19. The number of halogens is 2. The Hall–Kier alpha value is -1.02. The average molecular weight is 307 g/mol. The molecule has 0 radical (unpaired) electrons. The molecule has 2 aromatic carbocycles. The van der Waals surface area contributed by atoms with E-state index in [1.165, 1.54) is 18.4 Å². The van der Waals surface area contributed by atoms with E-state index < -0.39 is 6.10 Å². The van der Waals surface area contributed by atoms with Crippen molar-refractivity contribution in [1.82, 2.24) is 0 Å². The van der Waals surface area contributed by atoms with Gasteiger partial charge in [-0.05, 0) is 47.6 Å². The monoisotopic (exact) mass is 306 g/mol. The fourth-order valence-corrected chi connectivity index (χ4v) is 2.90. The molecule has 0 amide bonds. The smallest absolute Gasteiger partial charge is 0.0833 e. The summed E-state index contributed by atoms with van der Waals surface area (Å²) in [7, 11) is 0. The first kappa shape index (κ1) is 13.9. The van der Waals surface area contributed by atoms with E-state index in [-0.39, 0.29) is 0 Å². The summed E-state index contributed by atoms with van der Waals surface area (Å²) in [4.78, 5) is 0. The van der Waals surface area contributed by atoms with Gasteiger partial charge in [-0.25, -0.2) is 0 Å². The zero-order chi connectivity index (χ0) is 14.1. The number of aliphatic hydroxyl groups excluding tert-OH is 1. The van der Waals surface area contributed by atoms with Crippen LogP contribution in [-0.2, 0) is 6.42 Å². The maximum absolute atomic E-state index is 10.5. The summed E-state index contributed by atoms with van der Waals surface area (Å²) in [5.74, 6) is 0.634. The van der Waals surface area contributed by atoms with E-state index in [1.54, 1.807) is 6.07 Å². The van der Waals surface area contributed by atoms with E-state index >= 15 is 0 Å². The van der Waals surface area contributed by atoms with Gasteiger partial charge in [-0.3, -0.25) is 0 Å². The van der Waals surface area contributed by atoms with Crippen LogP contribution in [0.25, 0.3) is 0 Å². The molecule has 0 heterocycles. The van der Waals surface area contributed by atoms with Crippen LogP contribution in [0, 0.1) is 0 Å². The molecule has 1 unspecified atom stereocenters. The van der Waals surface area contributed by atoms with Gasteiger partial charge >= 0.3 is 0 Å². The summed E-state index contributed by atoms with van der Waals surface area (Å²) in [5, 5.41) is 11.6. The molecule has 2 aromatic rings. The predicted molar refractivity (Wildman–Crippen MR) is 83.5 cm³/mol. The van der Waals surface area contributed by atoms with Gasteiger partial charge in [0.05, 0.1) is 16.1 Å². The van der Waals surface area contributed by atoms with Crippen LogP contribution in [0.2, 0.25) is 10.0 Å². The van der Waals surface area contributed by atoms with Gasteiger partial charge in [0.1, 0.15) is 0 Å². The molecule has 1 nitrogen and oxygen atoms in total. The number of hydrogen-bond acceptors (Lipinski definition) is 1. The van der Waals surface area contributed by atoms with Crippen LogP contribution in [0.15, 0.2) is 42.5 Å². The average Bonchev–Trinajstić information content (AvgIpc) is 3.27. The van der Waals surface area contributed by atoms with Gasteiger partial charge in [0.25, 0.3) is 0 Å². The van der Waals surface area contributed by atoms with Gasteiger partial charge < -0.3 is 5.11 Å². The van der Waals surface area contributed by atoms with Crippen molar-refractivity contribution in [2.24, 2.45) is 0 Å². The number of rotatable bonds is 4. The standard InChI is InChI=1S/C17H16Cl2O/c18-15-8-5-11(9-16(15)19)10-17(20)14-4-2-1-3-13(14)12-6-7-12/h1-5,8-9,12,17,20H,6-7,10H2. The Kier molecular flexibility index (Phi) is 4.02. The van der Waals surface area contributed by atoms with Crippen LogP contribution in [0.1, 0.15) is 41.6 Å². The fourth-order valence-electron chi connectivity index (χ4n) is 2.58. The Labute approximate surface area is 129 Å². The topological polar surface area (TPSA) is 20.2 Å². The van der Waals surface area contributed by atoms with Crippen LogP contribution < -0.4 is 0 Å². The molecule has 3 heteroatoms. The molecule has 1 aliphatic carbocycles. The van der Waals surface area contributed by atoms with Gasteiger partial charge in [0.15, 0.2) is 0 Å². The van der Waals surface area contributed by atoms with Gasteiger partial charge in [-0.1, -0.05) is 53.5 Å². The molecule has 104 valence electrons. The highest BCUT2D eigenvalue weighted by Gasteiger charge is 2.27. The van der Waals surface area contributed by atoms with Crippen molar-refractivity contribution in [2.75, 3.05) is 0 Å². The summed E-state index contributed by atoms with van der Waals surface area (Å²) >= 11 is 11.9. The zero-order valence-corrected chi connectivity index (χ0v) is 12.5. The van der Waals surface area contributed by atoms with Crippen molar-refractivity contribution in [3.05, 3.63) is 69.2 Å². The molecule has 1 saturated carbocycles. The molecule has 0 aliphatic heterocycles. The third-order valence-electron chi connectivity index (χ3n) is 3.79. The van der Waals surface area contributed by atoms with E-state index in [0.29, 0.717) is 22.4 Å². The van der Waals surface area contributed by atoms with Crippen molar-refractivity contribution in [2.45, 2.75) is 31.3 Å². The molecule has 1 N–H and O–H groups in total. The lowest BCUT2D eigenvalue weighted by Gasteiger charge is -2.16. The van der Waals surface area contributed by atoms with Gasteiger partial charge in [-0.15, -0.1) is 0 Å². The quantitative estimate of drug-likeness (QED) is 0.828. The highest BCUT2D eigenvalue weighted by molar-refractivity contribution is 6.42. The molecule has 20 heavy (non-hydrogen) atoms. The first-order valence-corrected chi connectivity index (χ1v) is 7.61. The lowest BCUT2D eigenvalue weighted by atomic mass is 9.95. The molecule has 0 bridgehead atoms. The normalized spacial score (nSPS) is 16.1. The van der Waals surface area contributed by atoms with E-state index in [4.69, 9.17) is 23.2 Å². The second-order valence-electron chi connectivity index (χ2n) is 5.37. The van der Waals surface area contributed by atoms with E-state index in [0.717, 1.165) is 11.1 Å². The van der Waals surface area contributed by atoms with Crippen LogP contribution >= 0.6 is 23.2 Å². The number of aliphatic hydroxyl groups is 1. The Morgan fingerprint density at radius 3 is 2.50 bits per heavy atom. The predicted octanol–water partition coefficient (Wildman–Crippen LogP) is 5.15. The summed E-state index contributed by atoms with van der Waals surface area (Å²) < 4.78 is 0. The molecular weight excluding hydrogens is 291 g/mol. The molecule has 0 spiro atoms. The second kappa shape index (κ2) is 5.77. The van der Waals surface area contributed by atoms with Crippen molar-refractivity contribution >= 4 is 23.2 Å². The Morgan fingerprint density at radius 2 is 1.80 bits per heavy atom. The SMILES string of the molecule is OC(Cc1ccc(Cl)c(Cl)c1)c1ccccc1C1CC1. The fraction of sp³-hybridized carbons (Fsp3) is 0.294. The highest BCUT2D eigenvalue weighted by atomic mass is 35.5. The van der Waals surface area contributed by atoms with E-state index in [9.17, 15) is 5.11 Å². The molecular formula is C17H16Cl2O. The van der Waals surface area contributed by atoms with Crippen molar-refractivity contribution in [3.63, 3.8) is 0 Å². The van der Waals surface area contributed by atoms with Crippen molar-refractivity contribution in [3.8, 4) is 0 Å². The van der Waals surface area contributed by atoms with Crippen molar-refractivity contribution in [1.29, 1.82) is 0 Å². The number of benzene rings is 2. The molecule has 1 aliphatic rings. The van der Waals surface area contributed by atoms with Crippen molar-refractivity contribution < 1.29 is 5.11 Å². The van der Waals surface area contributed by atoms with Gasteiger partial charge in [0.2, 0.25) is 0 Å². The van der Waals surface area contributed by atoms with E-state index in [2.05, 4.69) is 6.07 Å². The molecule has 1 fully saturated rings. The first-order chi connectivity index (χ1) is 9.65. The van der Waals surface area contributed by atoms with Crippen LogP contribution in [0.3, 0.4) is 0 Å². The lowest BCUT2D eigenvalue weighted by molar-refractivity contribution is 0.177. The van der Waals surface area contributed by atoms with Gasteiger partial charge in [-0.2, -0.15) is 0 Å². The third-order valence-corrected chi connectivity index (χ3v) is 4.52. The maximum atomic E-state index is 10.5. The summed E-state index contributed by atoms with van der Waals surface area (Å²) in [5.41, 5.74) is 3.33. The Bertz CT molecular complexity index is 620. The minimum Gasteiger partial charge on any atom is -0.388 e. The molecule has 1 atom stereocenters. The van der Waals surface area contributed by atoms with E-state index in [1.807, 2.05) is 30.3 Å². The van der Waals surface area contributed by atoms with Gasteiger partial charge in [0, 0.05) is 6.42 Å². The van der Waals surface area contributed by atoms with Crippen LogP contribution in [0.4, 0.5) is 0 Å². The summed E-state index contributed by atoms with van der Waals surface area (Å²) in [6, 6.07) is 13.7. The lowest BCUT2D eigenvalue weighted by Crippen LogP contribution is -2.05. The summed E-state index contributed by atoms with van der Waals surface area (Å²) in [6.45, 7) is 0. The minimum atomic E-state index is -0.496. The number of hydrogen-bond donors (Lipinski definition) is 1.